The fraction of sp³-hybridized carbons (Fsp3) is 0.632. The summed E-state index contributed by atoms with van der Waals surface area (Å²) in [5.41, 5.74) is 0.720. The molecule has 1 aliphatic rings. The molecule has 158 valence electrons. The summed E-state index contributed by atoms with van der Waals surface area (Å²) in [5, 5.41) is -0.694. The fourth-order valence-electron chi connectivity index (χ4n) is 2.83. The Morgan fingerprint density at radius 3 is 2.61 bits per heavy atom. The Hall–Kier alpha value is -1.84. The Kier molecular flexibility index (Phi) is 8.09. The lowest BCUT2D eigenvalue weighted by Gasteiger charge is -2.25. The number of hydrogen-bond acceptors (Lipinski definition) is 7. The lowest BCUT2D eigenvalue weighted by atomic mass is 10.1. The van der Waals surface area contributed by atoms with Crippen molar-refractivity contribution < 1.29 is 31.6 Å². The molecular weight excluding hydrogens is 386 g/mol. The molecule has 1 aromatic carbocycles. The predicted octanol–water partition coefficient (Wildman–Crippen LogP) is 1.97. The van der Waals surface area contributed by atoms with E-state index in [0.29, 0.717) is 18.9 Å². The summed E-state index contributed by atoms with van der Waals surface area (Å²) in [5.74, 6) is 0.248. The zero-order valence-corrected chi connectivity index (χ0v) is 17.7. The number of amides is 1. The summed E-state index contributed by atoms with van der Waals surface area (Å²) in [4.78, 5) is 14.1. The Morgan fingerprint density at radius 2 is 2.04 bits per heavy atom. The van der Waals surface area contributed by atoms with Gasteiger partial charge in [0, 0.05) is 26.8 Å². The number of carbonyl (C=O) groups excluding carboxylic acids is 1. The molecule has 0 bridgehead atoms. The number of ether oxygens (including phenoxy) is 3. The Morgan fingerprint density at radius 1 is 1.29 bits per heavy atom. The smallest absolute Gasteiger partial charge is 0.311 e. The van der Waals surface area contributed by atoms with Gasteiger partial charge in [0.25, 0.3) is 0 Å². The third-order valence-electron chi connectivity index (χ3n) is 4.45. The van der Waals surface area contributed by atoms with Crippen LogP contribution in [0.25, 0.3) is 0 Å². The number of benzene rings is 1. The Balaban J connectivity index is 2.23. The number of carbonyl (C=O) groups is 1. The first-order chi connectivity index (χ1) is 13.3. The van der Waals surface area contributed by atoms with Crippen LogP contribution < -0.4 is 8.92 Å². The molecule has 1 aliphatic heterocycles. The van der Waals surface area contributed by atoms with Crippen LogP contribution in [0.1, 0.15) is 32.3 Å². The van der Waals surface area contributed by atoms with Crippen molar-refractivity contribution in [3.63, 3.8) is 0 Å². The zero-order chi connectivity index (χ0) is 20.7. The SMILES string of the molecule is COCC(=O)N(Cc1ccc(OC)c(OS(=O)(=O)C(C)C)c1)C[C@@H]1CCCO1. The molecule has 0 spiro atoms. The van der Waals surface area contributed by atoms with E-state index >= 15 is 0 Å². The fourth-order valence-corrected chi connectivity index (χ4v) is 3.40. The van der Waals surface area contributed by atoms with Gasteiger partial charge in [0.15, 0.2) is 11.5 Å². The molecule has 1 amide bonds. The summed E-state index contributed by atoms with van der Waals surface area (Å²) in [6.45, 7) is 4.48. The molecule has 0 aliphatic carbocycles. The summed E-state index contributed by atoms with van der Waals surface area (Å²) in [6, 6.07) is 4.99. The van der Waals surface area contributed by atoms with Crippen molar-refractivity contribution in [2.45, 2.75) is 44.6 Å². The molecule has 0 N–H and O–H groups in total. The zero-order valence-electron chi connectivity index (χ0n) is 16.8. The standard InChI is InChI=1S/C19H29NO7S/c1-14(2)28(22,23)27-18-10-15(7-8-17(18)25-4)11-20(19(21)13-24-3)12-16-6-5-9-26-16/h7-8,10,14,16H,5-6,9,11-13H2,1-4H3/t16-/m0/s1. The average molecular weight is 416 g/mol. The molecule has 1 aromatic rings. The van der Waals surface area contributed by atoms with E-state index in [1.165, 1.54) is 14.2 Å². The van der Waals surface area contributed by atoms with Crippen LogP contribution in [0.3, 0.4) is 0 Å². The molecular formula is C19H29NO7S. The van der Waals surface area contributed by atoms with Crippen molar-refractivity contribution in [1.82, 2.24) is 4.90 Å². The number of methoxy groups -OCH3 is 2. The van der Waals surface area contributed by atoms with Crippen LogP contribution in [-0.4, -0.2) is 64.6 Å². The molecule has 28 heavy (non-hydrogen) atoms. The van der Waals surface area contributed by atoms with Gasteiger partial charge in [0.05, 0.1) is 18.5 Å². The lowest BCUT2D eigenvalue weighted by molar-refractivity contribution is -0.137. The second kappa shape index (κ2) is 10.1. The van der Waals surface area contributed by atoms with E-state index in [9.17, 15) is 13.2 Å². The van der Waals surface area contributed by atoms with Gasteiger partial charge in [-0.25, -0.2) is 0 Å². The van der Waals surface area contributed by atoms with E-state index in [4.69, 9.17) is 18.4 Å². The highest BCUT2D eigenvalue weighted by Crippen LogP contribution is 2.30. The molecule has 1 saturated heterocycles. The van der Waals surface area contributed by atoms with Gasteiger partial charge in [0.2, 0.25) is 5.91 Å². The van der Waals surface area contributed by atoms with Crippen molar-refractivity contribution in [2.75, 3.05) is 34.0 Å². The molecule has 0 saturated carbocycles. The maximum absolute atomic E-state index is 12.5. The van der Waals surface area contributed by atoms with Crippen LogP contribution in [0.15, 0.2) is 18.2 Å². The molecule has 1 fully saturated rings. The number of rotatable bonds is 10. The number of hydrogen-bond donors (Lipinski definition) is 0. The van der Waals surface area contributed by atoms with E-state index < -0.39 is 15.4 Å². The summed E-state index contributed by atoms with van der Waals surface area (Å²) in [7, 11) is -0.863. The highest BCUT2D eigenvalue weighted by molar-refractivity contribution is 7.87. The normalized spacial score (nSPS) is 17.0. The quantitative estimate of drug-likeness (QED) is 0.540. The summed E-state index contributed by atoms with van der Waals surface area (Å²) < 4.78 is 45.4. The minimum atomic E-state index is -3.77. The molecule has 0 aromatic heterocycles. The van der Waals surface area contributed by atoms with E-state index in [1.54, 1.807) is 36.9 Å². The van der Waals surface area contributed by atoms with Gasteiger partial charge < -0.3 is 23.3 Å². The average Bonchev–Trinajstić information content (AvgIpc) is 3.14. The van der Waals surface area contributed by atoms with Gasteiger partial charge in [-0.15, -0.1) is 0 Å². The van der Waals surface area contributed by atoms with Crippen LogP contribution in [0.2, 0.25) is 0 Å². The van der Waals surface area contributed by atoms with Gasteiger partial charge in [-0.3, -0.25) is 4.79 Å². The first-order valence-electron chi connectivity index (χ1n) is 9.25. The topological polar surface area (TPSA) is 91.4 Å². The molecule has 9 heteroatoms. The largest absolute Gasteiger partial charge is 0.493 e. The Bertz CT molecular complexity index is 758. The summed E-state index contributed by atoms with van der Waals surface area (Å²) in [6.07, 6.45) is 1.88. The van der Waals surface area contributed by atoms with E-state index in [2.05, 4.69) is 0 Å². The predicted molar refractivity (Wildman–Crippen MR) is 104 cm³/mol. The van der Waals surface area contributed by atoms with Crippen molar-refractivity contribution in [2.24, 2.45) is 0 Å². The second-order valence-corrected chi connectivity index (χ2v) is 9.05. The highest BCUT2D eigenvalue weighted by atomic mass is 32.2. The third-order valence-corrected chi connectivity index (χ3v) is 6.02. The van der Waals surface area contributed by atoms with Gasteiger partial charge >= 0.3 is 10.1 Å². The maximum atomic E-state index is 12.5. The van der Waals surface area contributed by atoms with E-state index in [0.717, 1.165) is 18.4 Å². The van der Waals surface area contributed by atoms with Crippen molar-refractivity contribution in [3.05, 3.63) is 23.8 Å². The van der Waals surface area contributed by atoms with Crippen LogP contribution >= 0.6 is 0 Å². The van der Waals surface area contributed by atoms with Gasteiger partial charge in [-0.2, -0.15) is 8.42 Å². The molecule has 0 radical (unpaired) electrons. The van der Waals surface area contributed by atoms with Crippen LogP contribution in [-0.2, 0) is 30.9 Å². The Labute approximate surface area is 166 Å². The minimum absolute atomic E-state index is 0.00362. The first kappa shape index (κ1) is 22.4. The number of nitrogens with zero attached hydrogens (tertiary/aromatic N) is 1. The van der Waals surface area contributed by atoms with Crippen LogP contribution in [0.4, 0.5) is 0 Å². The molecule has 1 heterocycles. The monoisotopic (exact) mass is 415 g/mol. The molecule has 1 atom stereocenters. The summed E-state index contributed by atoms with van der Waals surface area (Å²) >= 11 is 0. The van der Waals surface area contributed by atoms with E-state index in [-0.39, 0.29) is 30.9 Å². The minimum Gasteiger partial charge on any atom is -0.493 e. The molecule has 0 unspecified atom stereocenters. The maximum Gasteiger partial charge on any atom is 0.311 e. The molecule has 8 nitrogen and oxygen atoms in total. The van der Waals surface area contributed by atoms with Crippen LogP contribution in [0.5, 0.6) is 11.5 Å². The van der Waals surface area contributed by atoms with Gasteiger partial charge in [0.1, 0.15) is 6.61 Å². The van der Waals surface area contributed by atoms with Crippen molar-refractivity contribution >= 4 is 16.0 Å². The molecule has 2 rings (SSSR count). The second-order valence-electron chi connectivity index (χ2n) is 6.95. The lowest BCUT2D eigenvalue weighted by Crippen LogP contribution is -2.38. The van der Waals surface area contributed by atoms with Gasteiger partial charge in [-0.05, 0) is 44.4 Å². The van der Waals surface area contributed by atoms with Crippen molar-refractivity contribution in [1.29, 1.82) is 0 Å². The first-order valence-corrected chi connectivity index (χ1v) is 10.7. The van der Waals surface area contributed by atoms with E-state index in [1.807, 2.05) is 0 Å². The van der Waals surface area contributed by atoms with Crippen molar-refractivity contribution in [3.8, 4) is 11.5 Å². The third kappa shape index (κ3) is 6.08. The van der Waals surface area contributed by atoms with Gasteiger partial charge in [-0.1, -0.05) is 6.07 Å². The van der Waals surface area contributed by atoms with Crippen LogP contribution in [0, 0.1) is 0 Å². The highest BCUT2D eigenvalue weighted by Gasteiger charge is 2.24.